The predicted molar refractivity (Wildman–Crippen MR) is 83.6 cm³/mol. The monoisotopic (exact) mass is 278 g/mol. The van der Waals surface area contributed by atoms with E-state index >= 15 is 0 Å². The summed E-state index contributed by atoms with van der Waals surface area (Å²) in [6.45, 7) is 5.90. The van der Waals surface area contributed by atoms with Crippen LogP contribution in [0.3, 0.4) is 0 Å². The van der Waals surface area contributed by atoms with E-state index in [0.29, 0.717) is 0 Å². The first-order valence-corrected chi connectivity index (χ1v) is 8.06. The van der Waals surface area contributed by atoms with Crippen LogP contribution in [0.4, 0.5) is 0 Å². The van der Waals surface area contributed by atoms with Crippen molar-refractivity contribution < 1.29 is 4.42 Å². The second kappa shape index (κ2) is 6.77. The number of nitrogens with zero attached hydrogens (tertiary/aromatic N) is 1. The summed E-state index contributed by atoms with van der Waals surface area (Å²) in [6, 6.07) is 4.12. The van der Waals surface area contributed by atoms with Crippen molar-refractivity contribution in [2.45, 2.75) is 64.5 Å². The van der Waals surface area contributed by atoms with E-state index in [-0.39, 0.29) is 5.54 Å². The molecule has 1 aromatic rings. The van der Waals surface area contributed by atoms with Gasteiger partial charge in [0.2, 0.25) is 0 Å². The predicted octanol–water partition coefficient (Wildman–Crippen LogP) is 3.71. The van der Waals surface area contributed by atoms with E-state index in [1.807, 2.05) is 13.0 Å². The average molecular weight is 278 g/mol. The Morgan fingerprint density at radius 2 is 2.05 bits per heavy atom. The van der Waals surface area contributed by atoms with Gasteiger partial charge in [-0.3, -0.25) is 4.90 Å². The van der Waals surface area contributed by atoms with Crippen molar-refractivity contribution in [2.24, 2.45) is 11.7 Å². The topological polar surface area (TPSA) is 42.4 Å². The largest absolute Gasteiger partial charge is 0.465 e. The van der Waals surface area contributed by atoms with Gasteiger partial charge < -0.3 is 10.2 Å². The Kier molecular flexibility index (Phi) is 5.28. The van der Waals surface area contributed by atoms with E-state index in [0.717, 1.165) is 30.5 Å². The Bertz CT molecular complexity index is 405. The third-order valence-corrected chi connectivity index (χ3v) is 5.11. The van der Waals surface area contributed by atoms with Crippen LogP contribution in [0.5, 0.6) is 0 Å². The molecule has 0 bridgehead atoms. The highest BCUT2D eigenvalue weighted by molar-refractivity contribution is 5.06. The molecule has 1 aromatic heterocycles. The molecular formula is C17H30N2O. The molecule has 0 saturated heterocycles. The van der Waals surface area contributed by atoms with Crippen LogP contribution in [-0.4, -0.2) is 24.0 Å². The van der Waals surface area contributed by atoms with E-state index in [9.17, 15) is 0 Å². The van der Waals surface area contributed by atoms with Gasteiger partial charge in [0.1, 0.15) is 11.5 Å². The number of hydrogen-bond acceptors (Lipinski definition) is 3. The van der Waals surface area contributed by atoms with Crippen LogP contribution in [0.15, 0.2) is 16.5 Å². The van der Waals surface area contributed by atoms with Gasteiger partial charge >= 0.3 is 0 Å². The Hall–Kier alpha value is -0.800. The maximum Gasteiger partial charge on any atom is 0.118 e. The molecule has 1 saturated carbocycles. The number of nitrogens with two attached hydrogens (primary N) is 1. The number of rotatable bonds is 6. The minimum atomic E-state index is 0.172. The smallest absolute Gasteiger partial charge is 0.118 e. The zero-order valence-electron chi connectivity index (χ0n) is 13.3. The van der Waals surface area contributed by atoms with E-state index < -0.39 is 0 Å². The zero-order valence-corrected chi connectivity index (χ0v) is 13.3. The molecule has 0 unspecified atom stereocenters. The molecule has 1 fully saturated rings. The van der Waals surface area contributed by atoms with Crippen LogP contribution in [0.1, 0.15) is 57.0 Å². The van der Waals surface area contributed by atoms with Gasteiger partial charge in [-0.05, 0) is 57.7 Å². The first-order valence-electron chi connectivity index (χ1n) is 8.06. The fourth-order valence-electron chi connectivity index (χ4n) is 3.63. The van der Waals surface area contributed by atoms with Gasteiger partial charge in [-0.15, -0.1) is 0 Å². The summed E-state index contributed by atoms with van der Waals surface area (Å²) in [4.78, 5) is 2.42. The molecule has 0 spiro atoms. The Morgan fingerprint density at radius 1 is 1.35 bits per heavy atom. The summed E-state index contributed by atoms with van der Waals surface area (Å²) in [7, 11) is 2.20. The number of furan rings is 1. The molecule has 0 aromatic carbocycles. The summed E-state index contributed by atoms with van der Waals surface area (Å²) in [5.74, 6) is 2.95. The van der Waals surface area contributed by atoms with Crippen LogP contribution in [-0.2, 0) is 6.54 Å². The quantitative estimate of drug-likeness (QED) is 0.862. The molecule has 0 aliphatic heterocycles. The number of aryl methyl sites for hydroxylation is 1. The highest BCUT2D eigenvalue weighted by atomic mass is 16.3. The van der Waals surface area contributed by atoms with Crippen LogP contribution in [0.2, 0.25) is 0 Å². The van der Waals surface area contributed by atoms with Crippen molar-refractivity contribution in [3.05, 3.63) is 23.7 Å². The molecule has 1 aliphatic carbocycles. The van der Waals surface area contributed by atoms with E-state index in [4.69, 9.17) is 10.2 Å². The highest BCUT2D eigenvalue weighted by Gasteiger charge is 2.37. The lowest BCUT2D eigenvalue weighted by Gasteiger charge is -2.45. The molecule has 0 amide bonds. The van der Waals surface area contributed by atoms with Crippen LogP contribution in [0, 0.1) is 12.8 Å². The molecular weight excluding hydrogens is 248 g/mol. The molecule has 3 nitrogen and oxygen atoms in total. The molecule has 2 N–H and O–H groups in total. The number of likely N-dealkylation sites (N-methyl/N-ethyl adjacent to an activating group) is 1. The highest BCUT2D eigenvalue weighted by Crippen LogP contribution is 2.37. The summed E-state index contributed by atoms with van der Waals surface area (Å²) in [5, 5.41) is 0. The first-order chi connectivity index (χ1) is 9.59. The van der Waals surface area contributed by atoms with Crippen LogP contribution in [0.25, 0.3) is 0 Å². The molecule has 20 heavy (non-hydrogen) atoms. The van der Waals surface area contributed by atoms with E-state index in [1.54, 1.807) is 0 Å². The first kappa shape index (κ1) is 15.6. The maximum absolute atomic E-state index is 6.15. The molecule has 1 aliphatic rings. The van der Waals surface area contributed by atoms with Crippen LogP contribution >= 0.6 is 0 Å². The molecule has 3 heteroatoms. The minimum Gasteiger partial charge on any atom is -0.465 e. The number of hydrogen-bond donors (Lipinski definition) is 1. The normalized spacial score (nSPS) is 27.1. The van der Waals surface area contributed by atoms with Gasteiger partial charge in [0.25, 0.3) is 0 Å². The maximum atomic E-state index is 6.15. The van der Waals surface area contributed by atoms with Gasteiger partial charge in [0, 0.05) is 12.1 Å². The van der Waals surface area contributed by atoms with Crippen molar-refractivity contribution >= 4 is 0 Å². The summed E-state index contributed by atoms with van der Waals surface area (Å²) in [5.41, 5.74) is 6.32. The van der Waals surface area contributed by atoms with Gasteiger partial charge in [-0.25, -0.2) is 0 Å². The molecule has 0 radical (unpaired) electrons. The lowest BCUT2D eigenvalue weighted by atomic mass is 9.74. The third-order valence-electron chi connectivity index (χ3n) is 5.11. The molecule has 114 valence electrons. The van der Waals surface area contributed by atoms with Gasteiger partial charge in [-0.2, -0.15) is 0 Å². The SMILES string of the molecule is CCCC1CCC(CN)(N(C)Cc2ccc(C)o2)CC1. The second-order valence-electron chi connectivity index (χ2n) is 6.53. The van der Waals surface area contributed by atoms with Gasteiger partial charge in [0.15, 0.2) is 0 Å². The lowest BCUT2D eigenvalue weighted by Crippen LogP contribution is -2.53. The van der Waals surface area contributed by atoms with Crippen molar-refractivity contribution in [2.75, 3.05) is 13.6 Å². The molecule has 2 rings (SSSR count). The average Bonchev–Trinajstić information content (AvgIpc) is 2.85. The third kappa shape index (κ3) is 3.44. The minimum absolute atomic E-state index is 0.172. The van der Waals surface area contributed by atoms with Crippen LogP contribution < -0.4 is 5.73 Å². The standard InChI is InChI=1S/C17H30N2O/c1-4-5-15-8-10-17(13-18,11-9-15)19(3)12-16-7-6-14(2)20-16/h6-7,15H,4-5,8-13,18H2,1-3H3. The fourth-order valence-corrected chi connectivity index (χ4v) is 3.63. The van der Waals surface area contributed by atoms with E-state index in [2.05, 4.69) is 24.9 Å². The Balaban J connectivity index is 1.96. The summed E-state index contributed by atoms with van der Waals surface area (Å²) in [6.07, 6.45) is 7.79. The molecule has 0 atom stereocenters. The Morgan fingerprint density at radius 3 is 2.55 bits per heavy atom. The Labute approximate surface area is 123 Å². The van der Waals surface area contributed by atoms with Gasteiger partial charge in [0.05, 0.1) is 6.54 Å². The van der Waals surface area contributed by atoms with E-state index in [1.165, 1.54) is 38.5 Å². The fraction of sp³-hybridized carbons (Fsp3) is 0.765. The summed E-state index contributed by atoms with van der Waals surface area (Å²) >= 11 is 0. The second-order valence-corrected chi connectivity index (χ2v) is 6.53. The van der Waals surface area contributed by atoms with Crippen molar-refractivity contribution in [3.8, 4) is 0 Å². The molecule has 1 heterocycles. The lowest BCUT2D eigenvalue weighted by molar-refractivity contribution is 0.0517. The van der Waals surface area contributed by atoms with Gasteiger partial charge in [-0.1, -0.05) is 19.8 Å². The van der Waals surface area contributed by atoms with Crippen molar-refractivity contribution in [1.82, 2.24) is 4.90 Å². The van der Waals surface area contributed by atoms with Crippen molar-refractivity contribution in [1.29, 1.82) is 0 Å². The zero-order chi connectivity index (χ0) is 14.6. The van der Waals surface area contributed by atoms with Crippen molar-refractivity contribution in [3.63, 3.8) is 0 Å². The summed E-state index contributed by atoms with van der Waals surface area (Å²) < 4.78 is 5.71.